The Morgan fingerprint density at radius 1 is 1.03 bits per heavy atom. The molecule has 1 aromatic rings. The Labute approximate surface area is 178 Å². The fourth-order valence-corrected chi connectivity index (χ4v) is 7.48. The van der Waals surface area contributed by atoms with Gasteiger partial charge >= 0.3 is 5.97 Å². The van der Waals surface area contributed by atoms with Crippen LogP contribution in [0.1, 0.15) is 57.9 Å². The number of hydrogen-bond acceptors (Lipinski definition) is 4. The maximum atomic E-state index is 12.7. The molecule has 0 spiro atoms. The van der Waals surface area contributed by atoms with Gasteiger partial charge in [0.15, 0.2) is 5.70 Å². The van der Waals surface area contributed by atoms with Crippen LogP contribution in [0.25, 0.3) is 0 Å². The standard InChI is InChI=1S/C26H30N2O2/c1-25(2)19-6-4-5-7-21(19)28(3)22(25)9-8-20-23(29)30-24(27-20)26-13-16-10-17(14-26)12-18(11-16)15-26/h4-9,16-18H,10-15H2,1-3H3. The van der Waals surface area contributed by atoms with Crippen LogP contribution in [-0.2, 0) is 14.9 Å². The summed E-state index contributed by atoms with van der Waals surface area (Å²) >= 11 is 0. The Bertz CT molecular complexity index is 994. The Morgan fingerprint density at radius 3 is 2.30 bits per heavy atom. The lowest BCUT2D eigenvalue weighted by atomic mass is 9.49. The van der Waals surface area contributed by atoms with Crippen molar-refractivity contribution in [2.45, 2.75) is 57.8 Å². The molecular formula is C26H30N2O2. The summed E-state index contributed by atoms with van der Waals surface area (Å²) in [6.07, 6.45) is 11.5. The monoisotopic (exact) mass is 402 g/mol. The first-order valence-electron chi connectivity index (χ1n) is 11.4. The highest BCUT2D eigenvalue weighted by Crippen LogP contribution is 2.61. The molecule has 4 saturated carbocycles. The molecule has 2 aliphatic heterocycles. The third kappa shape index (κ3) is 2.52. The molecule has 6 aliphatic rings. The second-order valence-corrected chi connectivity index (χ2v) is 10.8. The molecule has 2 heterocycles. The van der Waals surface area contributed by atoms with Gasteiger partial charge in [-0.05, 0) is 80.1 Å². The van der Waals surface area contributed by atoms with Crippen LogP contribution in [0.3, 0.4) is 0 Å². The molecule has 30 heavy (non-hydrogen) atoms. The first-order chi connectivity index (χ1) is 14.4. The zero-order valence-electron chi connectivity index (χ0n) is 18.1. The van der Waals surface area contributed by atoms with E-state index in [1.54, 1.807) is 0 Å². The molecule has 7 rings (SSSR count). The van der Waals surface area contributed by atoms with Crippen molar-refractivity contribution in [1.82, 2.24) is 0 Å². The van der Waals surface area contributed by atoms with Crippen LogP contribution in [0.4, 0.5) is 5.69 Å². The van der Waals surface area contributed by atoms with Crippen molar-refractivity contribution in [2.24, 2.45) is 28.2 Å². The van der Waals surface area contributed by atoms with Crippen LogP contribution >= 0.6 is 0 Å². The van der Waals surface area contributed by atoms with Crippen molar-refractivity contribution in [3.8, 4) is 0 Å². The normalized spacial score (nSPS) is 38.4. The summed E-state index contributed by atoms with van der Waals surface area (Å²) in [5.74, 6) is 2.85. The molecule has 0 saturated heterocycles. The van der Waals surface area contributed by atoms with E-state index in [0.29, 0.717) is 5.70 Å². The lowest BCUT2D eigenvalue weighted by Crippen LogP contribution is -2.50. The fraction of sp³-hybridized carbons (Fsp3) is 0.538. The van der Waals surface area contributed by atoms with Gasteiger partial charge in [-0.25, -0.2) is 9.79 Å². The summed E-state index contributed by atoms with van der Waals surface area (Å²) < 4.78 is 5.81. The molecule has 0 atom stereocenters. The number of ether oxygens (including phenoxy) is 1. The maximum absolute atomic E-state index is 12.7. The summed E-state index contributed by atoms with van der Waals surface area (Å²) in [6, 6.07) is 8.50. The number of hydrogen-bond donors (Lipinski definition) is 0. The third-order valence-electron chi connectivity index (χ3n) is 8.45. The maximum Gasteiger partial charge on any atom is 0.363 e. The fourth-order valence-electron chi connectivity index (χ4n) is 7.48. The molecule has 4 nitrogen and oxygen atoms in total. The van der Waals surface area contributed by atoms with E-state index in [4.69, 9.17) is 9.73 Å². The number of rotatable bonds is 2. The van der Waals surface area contributed by atoms with Crippen molar-refractivity contribution in [3.05, 3.63) is 53.4 Å². The number of para-hydroxylation sites is 1. The van der Waals surface area contributed by atoms with Crippen LogP contribution in [0.5, 0.6) is 0 Å². The summed E-state index contributed by atoms with van der Waals surface area (Å²) in [5.41, 5.74) is 4.06. The Morgan fingerprint density at radius 2 is 1.67 bits per heavy atom. The summed E-state index contributed by atoms with van der Waals surface area (Å²) in [5, 5.41) is 0. The highest BCUT2D eigenvalue weighted by atomic mass is 16.6. The van der Waals surface area contributed by atoms with E-state index >= 15 is 0 Å². The van der Waals surface area contributed by atoms with Crippen molar-refractivity contribution < 1.29 is 9.53 Å². The SMILES string of the molecule is CN1C(=CC=C2N=C(C34CC5CC(CC(C5)C3)C4)OC2=O)C(C)(C)c2ccccc21. The summed E-state index contributed by atoms with van der Waals surface area (Å²) in [7, 11) is 2.09. The van der Waals surface area contributed by atoms with Crippen molar-refractivity contribution >= 4 is 17.6 Å². The van der Waals surface area contributed by atoms with E-state index in [2.05, 4.69) is 56.1 Å². The van der Waals surface area contributed by atoms with E-state index in [-0.39, 0.29) is 16.8 Å². The van der Waals surface area contributed by atoms with Crippen molar-refractivity contribution in [2.75, 3.05) is 11.9 Å². The quantitative estimate of drug-likeness (QED) is 0.494. The molecule has 156 valence electrons. The number of carbonyl (C=O) groups is 1. The van der Waals surface area contributed by atoms with Gasteiger partial charge < -0.3 is 9.64 Å². The molecule has 0 radical (unpaired) electrons. The van der Waals surface area contributed by atoms with E-state index in [9.17, 15) is 4.79 Å². The number of carbonyl (C=O) groups excluding carboxylic acids is 1. The van der Waals surface area contributed by atoms with Gasteiger partial charge in [-0.2, -0.15) is 0 Å². The molecule has 4 bridgehead atoms. The van der Waals surface area contributed by atoms with Gasteiger partial charge in [-0.1, -0.05) is 32.0 Å². The number of nitrogens with zero attached hydrogens (tertiary/aromatic N) is 2. The molecule has 0 aromatic heterocycles. The van der Waals surface area contributed by atoms with Gasteiger partial charge in [-0.3, -0.25) is 0 Å². The number of anilines is 1. The first-order valence-corrected chi connectivity index (χ1v) is 11.4. The zero-order chi connectivity index (χ0) is 20.7. The Kier molecular flexibility index (Phi) is 3.74. The van der Waals surface area contributed by atoms with Gasteiger partial charge in [0.25, 0.3) is 0 Å². The minimum absolute atomic E-state index is 0.0206. The molecule has 1 aromatic carbocycles. The van der Waals surface area contributed by atoms with Crippen LogP contribution in [-0.4, -0.2) is 18.9 Å². The van der Waals surface area contributed by atoms with Crippen molar-refractivity contribution in [3.63, 3.8) is 0 Å². The molecule has 0 N–H and O–H groups in total. The average Bonchev–Trinajstić information content (AvgIpc) is 3.16. The minimum atomic E-state index is -0.284. The number of esters is 1. The van der Waals surface area contributed by atoms with Gasteiger partial charge in [0.2, 0.25) is 5.90 Å². The molecule has 4 fully saturated rings. The van der Waals surface area contributed by atoms with E-state index < -0.39 is 0 Å². The van der Waals surface area contributed by atoms with Gasteiger partial charge in [-0.15, -0.1) is 0 Å². The summed E-state index contributed by atoms with van der Waals surface area (Å²) in [4.78, 5) is 19.7. The Hall–Kier alpha value is -2.36. The highest BCUT2D eigenvalue weighted by Gasteiger charge is 2.55. The predicted octanol–water partition coefficient (Wildman–Crippen LogP) is 5.35. The smallest absolute Gasteiger partial charge is 0.363 e. The van der Waals surface area contributed by atoms with E-state index in [1.165, 1.54) is 36.2 Å². The van der Waals surface area contributed by atoms with Gasteiger partial charge in [0.05, 0.1) is 0 Å². The number of fused-ring (bicyclic) bond motifs is 1. The number of aliphatic imine (C=N–C) groups is 1. The molecular weight excluding hydrogens is 372 g/mol. The average molecular weight is 403 g/mol. The number of allylic oxidation sites excluding steroid dienone is 3. The molecule has 4 heteroatoms. The van der Waals surface area contributed by atoms with Gasteiger partial charge in [0.1, 0.15) is 0 Å². The van der Waals surface area contributed by atoms with Gasteiger partial charge in [0, 0.05) is 29.3 Å². The topological polar surface area (TPSA) is 41.9 Å². The second kappa shape index (κ2) is 6.09. The second-order valence-electron chi connectivity index (χ2n) is 10.8. The predicted molar refractivity (Wildman–Crippen MR) is 118 cm³/mol. The molecule has 0 amide bonds. The highest BCUT2D eigenvalue weighted by molar-refractivity contribution is 6.06. The zero-order valence-corrected chi connectivity index (χ0v) is 18.1. The molecule has 4 aliphatic carbocycles. The van der Waals surface area contributed by atoms with E-state index in [0.717, 1.165) is 42.9 Å². The number of benzene rings is 1. The number of cyclic esters (lactones) is 1. The largest absolute Gasteiger partial charge is 0.406 e. The van der Waals surface area contributed by atoms with E-state index in [1.807, 2.05) is 6.08 Å². The van der Waals surface area contributed by atoms with Crippen molar-refractivity contribution in [1.29, 1.82) is 0 Å². The Balaban J connectivity index is 1.33. The third-order valence-corrected chi connectivity index (χ3v) is 8.45. The number of likely N-dealkylation sites (N-methyl/N-ethyl adjacent to an activating group) is 1. The molecule has 0 unspecified atom stereocenters. The minimum Gasteiger partial charge on any atom is -0.406 e. The summed E-state index contributed by atoms with van der Waals surface area (Å²) in [6.45, 7) is 4.47. The lowest BCUT2D eigenvalue weighted by Gasteiger charge is -2.55. The van der Waals surface area contributed by atoms with Crippen LogP contribution in [0.2, 0.25) is 0 Å². The first kappa shape index (κ1) is 18.4. The lowest BCUT2D eigenvalue weighted by molar-refractivity contribution is -0.131. The van der Waals surface area contributed by atoms with Crippen LogP contribution < -0.4 is 4.90 Å². The van der Waals surface area contributed by atoms with Crippen LogP contribution in [0, 0.1) is 23.2 Å². The van der Waals surface area contributed by atoms with Crippen LogP contribution in [0.15, 0.2) is 52.8 Å².